The van der Waals surface area contributed by atoms with Gasteiger partial charge in [0.05, 0.1) is 11.5 Å². The highest BCUT2D eigenvalue weighted by molar-refractivity contribution is 7.91. The molecule has 7 heteroatoms. The van der Waals surface area contributed by atoms with Gasteiger partial charge in [-0.2, -0.15) is 0 Å². The molecule has 1 aromatic heterocycles. The lowest BCUT2D eigenvalue weighted by molar-refractivity contribution is 0.0920. The van der Waals surface area contributed by atoms with Crippen molar-refractivity contribution in [1.29, 1.82) is 0 Å². The third-order valence-electron chi connectivity index (χ3n) is 4.52. The number of sulfone groups is 1. The van der Waals surface area contributed by atoms with Gasteiger partial charge < -0.3 is 9.30 Å². The molecule has 0 unspecified atom stereocenters. The van der Waals surface area contributed by atoms with Crippen LogP contribution in [-0.4, -0.2) is 36.9 Å². The molecule has 2 aromatic rings. The van der Waals surface area contributed by atoms with Crippen LogP contribution in [0.1, 0.15) is 34.2 Å². The number of ether oxygens (including phenoxy) is 1. The predicted octanol–water partition coefficient (Wildman–Crippen LogP) is 3.38. The molecule has 0 radical (unpaired) electrons. The van der Waals surface area contributed by atoms with Crippen LogP contribution in [0.15, 0.2) is 30.3 Å². The number of carbonyl (C=O) groups excluding carboxylic acids is 1. The first kappa shape index (κ1) is 18.0. The van der Waals surface area contributed by atoms with Gasteiger partial charge in [-0.3, -0.25) is 4.79 Å². The first-order chi connectivity index (χ1) is 11.8. The van der Waals surface area contributed by atoms with Crippen LogP contribution in [0.4, 0.5) is 0 Å². The molecule has 1 fully saturated rings. The smallest absolute Gasteiger partial charge is 0.202 e. The van der Waals surface area contributed by atoms with E-state index in [4.69, 9.17) is 16.3 Å². The molecule has 1 aliphatic heterocycles. The molecule has 0 saturated carbocycles. The number of ketones is 1. The topological polar surface area (TPSA) is 65.4 Å². The van der Waals surface area contributed by atoms with E-state index in [0.717, 1.165) is 11.4 Å². The Morgan fingerprint density at radius 2 is 2.08 bits per heavy atom. The summed E-state index contributed by atoms with van der Waals surface area (Å²) in [5, 5.41) is 0.547. The van der Waals surface area contributed by atoms with Crippen LogP contribution in [0.5, 0.6) is 5.75 Å². The van der Waals surface area contributed by atoms with Crippen molar-refractivity contribution in [3.8, 4) is 5.75 Å². The number of hydrogen-bond acceptors (Lipinski definition) is 4. The monoisotopic (exact) mass is 381 g/mol. The van der Waals surface area contributed by atoms with Gasteiger partial charge in [0, 0.05) is 28.0 Å². The van der Waals surface area contributed by atoms with E-state index >= 15 is 0 Å². The number of Topliss-reactive ketones (excluding diaryl/α,β-unsaturated/α-hetero) is 1. The summed E-state index contributed by atoms with van der Waals surface area (Å²) in [6, 6.07) is 8.60. The van der Waals surface area contributed by atoms with Crippen LogP contribution in [-0.2, 0) is 9.84 Å². The fourth-order valence-electron chi connectivity index (χ4n) is 3.38. The molecule has 0 amide bonds. The molecule has 134 valence electrons. The molecular weight excluding hydrogens is 362 g/mol. The highest BCUT2D eigenvalue weighted by Crippen LogP contribution is 2.29. The average Bonchev–Trinajstić information content (AvgIpc) is 3.04. The van der Waals surface area contributed by atoms with Gasteiger partial charge in [-0.05, 0) is 44.5 Å². The summed E-state index contributed by atoms with van der Waals surface area (Å²) in [6.45, 7) is 3.66. The van der Waals surface area contributed by atoms with Crippen molar-refractivity contribution < 1.29 is 17.9 Å². The van der Waals surface area contributed by atoms with Gasteiger partial charge in [0.1, 0.15) is 5.75 Å². The molecule has 25 heavy (non-hydrogen) atoms. The zero-order valence-electron chi connectivity index (χ0n) is 14.2. The molecule has 0 N–H and O–H groups in total. The maximum Gasteiger partial charge on any atom is 0.202 e. The van der Waals surface area contributed by atoms with Crippen molar-refractivity contribution in [1.82, 2.24) is 4.57 Å². The predicted molar refractivity (Wildman–Crippen MR) is 97.5 cm³/mol. The fraction of sp³-hybridized carbons (Fsp3) is 0.389. The van der Waals surface area contributed by atoms with Gasteiger partial charge >= 0.3 is 0 Å². The van der Waals surface area contributed by atoms with Gasteiger partial charge in [-0.15, -0.1) is 0 Å². The second kappa shape index (κ2) is 6.84. The van der Waals surface area contributed by atoms with E-state index in [1.165, 1.54) is 0 Å². The number of carbonyl (C=O) groups is 1. The van der Waals surface area contributed by atoms with Crippen LogP contribution < -0.4 is 4.74 Å². The Balaban J connectivity index is 1.76. The summed E-state index contributed by atoms with van der Waals surface area (Å²) >= 11 is 5.90. The third-order valence-corrected chi connectivity index (χ3v) is 6.51. The van der Waals surface area contributed by atoms with E-state index in [1.807, 2.05) is 24.5 Å². The summed E-state index contributed by atoms with van der Waals surface area (Å²) in [4.78, 5) is 12.5. The van der Waals surface area contributed by atoms with Gasteiger partial charge in [0.2, 0.25) is 5.78 Å². The lowest BCUT2D eigenvalue weighted by atomic mass is 10.1. The van der Waals surface area contributed by atoms with Crippen LogP contribution in [0, 0.1) is 13.8 Å². The molecule has 0 spiro atoms. The highest BCUT2D eigenvalue weighted by atomic mass is 35.5. The molecule has 2 heterocycles. The Morgan fingerprint density at radius 3 is 2.72 bits per heavy atom. The number of hydrogen-bond donors (Lipinski definition) is 0. The van der Waals surface area contributed by atoms with Crippen LogP contribution in [0.2, 0.25) is 5.02 Å². The molecule has 0 aliphatic carbocycles. The van der Waals surface area contributed by atoms with Crippen LogP contribution in [0.25, 0.3) is 0 Å². The molecule has 1 saturated heterocycles. The van der Waals surface area contributed by atoms with Gasteiger partial charge in [-0.1, -0.05) is 17.7 Å². The molecule has 1 aromatic carbocycles. The quantitative estimate of drug-likeness (QED) is 0.745. The first-order valence-corrected chi connectivity index (χ1v) is 10.3. The Morgan fingerprint density at radius 1 is 1.32 bits per heavy atom. The second-order valence-corrected chi connectivity index (χ2v) is 9.05. The third kappa shape index (κ3) is 3.90. The molecule has 1 atom stereocenters. The van der Waals surface area contributed by atoms with Gasteiger partial charge in [-0.25, -0.2) is 8.42 Å². The maximum atomic E-state index is 12.5. The van der Waals surface area contributed by atoms with E-state index in [-0.39, 0.29) is 29.9 Å². The lowest BCUT2D eigenvalue weighted by Gasteiger charge is -2.16. The Kier molecular flexibility index (Phi) is 4.93. The molecule has 5 nitrogen and oxygen atoms in total. The summed E-state index contributed by atoms with van der Waals surface area (Å²) in [5.41, 5.74) is 2.26. The number of aromatic nitrogens is 1. The SMILES string of the molecule is Cc1cc(C(=O)COc2cccc(Cl)c2)c(C)n1[C@H]1CCS(=O)(=O)C1. The summed E-state index contributed by atoms with van der Waals surface area (Å²) < 4.78 is 31.0. The van der Waals surface area contributed by atoms with E-state index in [2.05, 4.69) is 0 Å². The first-order valence-electron chi connectivity index (χ1n) is 8.07. The number of aryl methyl sites for hydroxylation is 1. The minimum Gasteiger partial charge on any atom is -0.485 e. The van der Waals surface area contributed by atoms with Crippen molar-refractivity contribution in [3.63, 3.8) is 0 Å². The molecule has 1 aliphatic rings. The van der Waals surface area contributed by atoms with Gasteiger partial charge in [0.25, 0.3) is 0 Å². The standard InChI is InChI=1S/C18H20ClNO4S/c1-12-8-17(13(2)20(12)15-6-7-25(22,23)11-15)18(21)10-24-16-5-3-4-14(19)9-16/h3-5,8-9,15H,6-7,10-11H2,1-2H3/t15-/m0/s1. The fourth-order valence-corrected chi connectivity index (χ4v) is 5.26. The Hall–Kier alpha value is -1.79. The zero-order valence-corrected chi connectivity index (χ0v) is 15.7. The summed E-state index contributed by atoms with van der Waals surface area (Å²) in [6.07, 6.45) is 0.589. The van der Waals surface area contributed by atoms with E-state index in [0.29, 0.717) is 22.8 Å². The largest absolute Gasteiger partial charge is 0.485 e. The Labute approximate surface area is 152 Å². The van der Waals surface area contributed by atoms with Crippen molar-refractivity contribution >= 4 is 27.2 Å². The summed E-state index contributed by atoms with van der Waals surface area (Å²) in [5.74, 6) is 0.739. The molecule has 3 rings (SSSR count). The number of rotatable bonds is 5. The number of benzene rings is 1. The van der Waals surface area contributed by atoms with Crippen molar-refractivity contribution in [2.45, 2.75) is 26.3 Å². The van der Waals surface area contributed by atoms with Crippen LogP contribution >= 0.6 is 11.6 Å². The van der Waals surface area contributed by atoms with Crippen molar-refractivity contribution in [2.75, 3.05) is 18.1 Å². The lowest BCUT2D eigenvalue weighted by Crippen LogP contribution is -2.16. The minimum absolute atomic E-state index is 0.0897. The normalized spacial score (nSPS) is 19.1. The minimum atomic E-state index is -2.98. The summed E-state index contributed by atoms with van der Waals surface area (Å²) in [7, 11) is -2.98. The molecular formula is C18H20ClNO4S. The second-order valence-electron chi connectivity index (χ2n) is 6.38. The number of nitrogens with zero attached hydrogens (tertiary/aromatic N) is 1. The van der Waals surface area contributed by atoms with E-state index in [9.17, 15) is 13.2 Å². The Bertz CT molecular complexity index is 917. The van der Waals surface area contributed by atoms with Crippen molar-refractivity contribution in [2.24, 2.45) is 0 Å². The van der Waals surface area contributed by atoms with Crippen molar-refractivity contribution in [3.05, 3.63) is 52.3 Å². The molecule has 0 bridgehead atoms. The highest BCUT2D eigenvalue weighted by Gasteiger charge is 2.31. The maximum absolute atomic E-state index is 12.5. The van der Waals surface area contributed by atoms with E-state index < -0.39 is 9.84 Å². The zero-order chi connectivity index (χ0) is 18.2. The average molecular weight is 382 g/mol. The number of halogens is 1. The van der Waals surface area contributed by atoms with Crippen LogP contribution in [0.3, 0.4) is 0 Å². The van der Waals surface area contributed by atoms with E-state index in [1.54, 1.807) is 24.3 Å². The van der Waals surface area contributed by atoms with Gasteiger partial charge in [0.15, 0.2) is 16.4 Å².